The first kappa shape index (κ1) is 15.6. The van der Waals surface area contributed by atoms with Gasteiger partial charge in [-0.05, 0) is 58.5 Å². The second-order valence-corrected chi connectivity index (χ2v) is 5.87. The molecule has 126 valence electrons. The number of aromatic nitrogens is 4. The smallest absolute Gasteiger partial charge is 0.248 e. The molecule has 4 rings (SSSR count). The van der Waals surface area contributed by atoms with E-state index in [0.29, 0.717) is 16.5 Å². The van der Waals surface area contributed by atoms with Gasteiger partial charge in [-0.2, -0.15) is 4.68 Å². The average Bonchev–Trinajstić information content (AvgIpc) is 3.10. The first-order chi connectivity index (χ1) is 12.2. The lowest BCUT2D eigenvalue weighted by molar-refractivity contribution is 0.415. The molecule has 2 heterocycles. The number of nitrogens with zero attached hydrogens (tertiary/aromatic N) is 4. The van der Waals surface area contributed by atoms with E-state index < -0.39 is 11.9 Å². The van der Waals surface area contributed by atoms with E-state index >= 15 is 0 Å². The molecular weight excluding hydrogens is 345 g/mol. The number of tetrazole rings is 1. The lowest BCUT2D eigenvalue weighted by Crippen LogP contribution is -2.21. The summed E-state index contributed by atoms with van der Waals surface area (Å²) in [5, 5.41) is 15.1. The molecular formula is C17H13ClFN5O. The van der Waals surface area contributed by atoms with Crippen molar-refractivity contribution in [3.05, 3.63) is 70.5 Å². The van der Waals surface area contributed by atoms with Gasteiger partial charge in [0, 0.05) is 16.3 Å². The van der Waals surface area contributed by atoms with Gasteiger partial charge in [-0.1, -0.05) is 22.8 Å². The molecule has 0 radical (unpaired) electrons. The molecule has 1 atom stereocenters. The van der Waals surface area contributed by atoms with Crippen molar-refractivity contribution < 1.29 is 9.13 Å². The maximum absolute atomic E-state index is 14.4. The number of nitrogens with one attached hydrogen (secondary N) is 1. The summed E-state index contributed by atoms with van der Waals surface area (Å²) < 4.78 is 21.1. The number of hydrogen-bond donors (Lipinski definition) is 1. The molecule has 0 spiro atoms. The molecule has 1 N–H and O–H groups in total. The maximum Gasteiger partial charge on any atom is 0.248 e. The Labute approximate surface area is 147 Å². The molecule has 1 aromatic heterocycles. The molecule has 0 aliphatic carbocycles. The highest BCUT2D eigenvalue weighted by atomic mass is 35.5. The van der Waals surface area contributed by atoms with Gasteiger partial charge in [0.2, 0.25) is 5.95 Å². The quantitative estimate of drug-likeness (QED) is 0.776. The fourth-order valence-corrected chi connectivity index (χ4v) is 3.07. The molecule has 0 amide bonds. The molecule has 0 saturated heterocycles. The van der Waals surface area contributed by atoms with Crippen molar-refractivity contribution in [2.45, 2.75) is 6.04 Å². The first-order valence-corrected chi connectivity index (χ1v) is 7.90. The highest BCUT2D eigenvalue weighted by molar-refractivity contribution is 6.31. The molecule has 0 bridgehead atoms. The minimum absolute atomic E-state index is 0.318. The summed E-state index contributed by atoms with van der Waals surface area (Å²) in [7, 11) is 1.61. The van der Waals surface area contributed by atoms with Crippen molar-refractivity contribution in [1.82, 2.24) is 20.2 Å². The summed E-state index contributed by atoms with van der Waals surface area (Å²) in [6, 6.07) is 11.5. The molecule has 0 unspecified atom stereocenters. The van der Waals surface area contributed by atoms with Gasteiger partial charge in [0.05, 0.1) is 7.11 Å². The minimum Gasteiger partial charge on any atom is -0.497 e. The van der Waals surface area contributed by atoms with Crippen LogP contribution in [0.4, 0.5) is 10.3 Å². The van der Waals surface area contributed by atoms with Crippen LogP contribution >= 0.6 is 11.6 Å². The molecule has 0 saturated carbocycles. The van der Waals surface area contributed by atoms with Crippen LogP contribution in [-0.4, -0.2) is 27.3 Å². The van der Waals surface area contributed by atoms with E-state index in [4.69, 9.17) is 16.3 Å². The summed E-state index contributed by atoms with van der Waals surface area (Å²) in [5.74, 6) is 0.752. The average molecular weight is 358 g/mol. The molecule has 6 nitrogen and oxygen atoms in total. The molecule has 3 aromatic rings. The zero-order valence-electron chi connectivity index (χ0n) is 13.1. The summed E-state index contributed by atoms with van der Waals surface area (Å²) in [4.78, 5) is 0. The number of benzene rings is 2. The SMILES string of the molecule is COc1ccc(C2=C[C@@H](c3c(F)cccc3Cl)n3nnnc3N2)cc1. The maximum atomic E-state index is 14.4. The zero-order valence-corrected chi connectivity index (χ0v) is 13.9. The number of rotatable bonds is 3. The van der Waals surface area contributed by atoms with E-state index in [-0.39, 0.29) is 0 Å². The first-order valence-electron chi connectivity index (χ1n) is 7.52. The van der Waals surface area contributed by atoms with E-state index in [2.05, 4.69) is 20.8 Å². The van der Waals surface area contributed by atoms with Crippen LogP contribution in [0.2, 0.25) is 5.02 Å². The Hall–Kier alpha value is -2.93. The third-order valence-corrected chi connectivity index (χ3v) is 4.35. The van der Waals surface area contributed by atoms with Crippen molar-refractivity contribution >= 4 is 23.2 Å². The second kappa shape index (κ2) is 6.18. The van der Waals surface area contributed by atoms with E-state index in [1.54, 1.807) is 19.2 Å². The van der Waals surface area contributed by atoms with Gasteiger partial charge in [0.15, 0.2) is 0 Å². The van der Waals surface area contributed by atoms with Gasteiger partial charge in [-0.25, -0.2) is 4.39 Å². The van der Waals surface area contributed by atoms with E-state index in [1.165, 1.54) is 10.7 Å². The Balaban J connectivity index is 1.83. The number of hydrogen-bond acceptors (Lipinski definition) is 5. The van der Waals surface area contributed by atoms with E-state index in [0.717, 1.165) is 17.0 Å². The van der Waals surface area contributed by atoms with E-state index in [9.17, 15) is 4.39 Å². The monoisotopic (exact) mass is 357 g/mol. The van der Waals surface area contributed by atoms with Gasteiger partial charge in [-0.15, -0.1) is 0 Å². The van der Waals surface area contributed by atoms with Crippen LogP contribution in [0.5, 0.6) is 5.75 Å². The second-order valence-electron chi connectivity index (χ2n) is 5.46. The number of halogens is 2. The fraction of sp³-hybridized carbons (Fsp3) is 0.118. The van der Waals surface area contributed by atoms with Crippen molar-refractivity contribution in [3.8, 4) is 5.75 Å². The summed E-state index contributed by atoms with van der Waals surface area (Å²) in [6.07, 6.45) is 1.84. The van der Waals surface area contributed by atoms with Crippen molar-refractivity contribution in [1.29, 1.82) is 0 Å². The van der Waals surface area contributed by atoms with Crippen molar-refractivity contribution in [2.75, 3.05) is 12.4 Å². The van der Waals surface area contributed by atoms with Crippen LogP contribution in [0.15, 0.2) is 48.5 Å². The van der Waals surface area contributed by atoms with Crippen molar-refractivity contribution in [3.63, 3.8) is 0 Å². The minimum atomic E-state index is -0.558. The Morgan fingerprint density at radius 1 is 1.20 bits per heavy atom. The summed E-state index contributed by atoms with van der Waals surface area (Å²) >= 11 is 6.24. The van der Waals surface area contributed by atoms with Crippen LogP contribution in [0.25, 0.3) is 5.70 Å². The highest BCUT2D eigenvalue weighted by Crippen LogP contribution is 2.36. The highest BCUT2D eigenvalue weighted by Gasteiger charge is 2.28. The van der Waals surface area contributed by atoms with Gasteiger partial charge >= 0.3 is 0 Å². The number of ether oxygens (including phenoxy) is 1. The van der Waals surface area contributed by atoms with Gasteiger partial charge < -0.3 is 10.1 Å². The normalized spacial score (nSPS) is 16.0. The Kier molecular flexibility index (Phi) is 3.85. The zero-order chi connectivity index (χ0) is 17.4. The van der Waals surface area contributed by atoms with Crippen LogP contribution in [0.1, 0.15) is 17.2 Å². The Bertz CT molecular complexity index is 934. The van der Waals surface area contributed by atoms with Gasteiger partial charge in [0.1, 0.15) is 17.6 Å². The predicted molar refractivity (Wildman–Crippen MR) is 92.0 cm³/mol. The lowest BCUT2D eigenvalue weighted by atomic mass is 10.0. The molecule has 8 heteroatoms. The molecule has 2 aromatic carbocycles. The Morgan fingerprint density at radius 3 is 2.72 bits per heavy atom. The molecule has 1 aliphatic heterocycles. The van der Waals surface area contributed by atoms with Crippen LogP contribution in [-0.2, 0) is 0 Å². The Morgan fingerprint density at radius 2 is 2.00 bits per heavy atom. The molecule has 25 heavy (non-hydrogen) atoms. The molecule has 1 aliphatic rings. The van der Waals surface area contributed by atoms with Gasteiger partial charge in [0.25, 0.3) is 0 Å². The third kappa shape index (κ3) is 2.72. The number of fused-ring (bicyclic) bond motifs is 1. The van der Waals surface area contributed by atoms with Crippen molar-refractivity contribution in [2.24, 2.45) is 0 Å². The molecule has 0 fully saturated rings. The van der Waals surface area contributed by atoms with E-state index in [1.807, 2.05) is 30.3 Å². The predicted octanol–water partition coefficient (Wildman–Crippen LogP) is 3.53. The number of methoxy groups -OCH3 is 1. The number of allylic oxidation sites excluding steroid dienone is 1. The fourth-order valence-electron chi connectivity index (χ4n) is 2.79. The summed E-state index contributed by atoms with van der Waals surface area (Å²) in [5.41, 5.74) is 1.98. The third-order valence-electron chi connectivity index (χ3n) is 4.02. The van der Waals surface area contributed by atoms with Crippen LogP contribution < -0.4 is 10.1 Å². The largest absolute Gasteiger partial charge is 0.497 e. The summed E-state index contributed by atoms with van der Waals surface area (Å²) in [6.45, 7) is 0. The lowest BCUT2D eigenvalue weighted by Gasteiger charge is -2.24. The topological polar surface area (TPSA) is 64.9 Å². The number of anilines is 1. The van der Waals surface area contributed by atoms with Crippen LogP contribution in [0, 0.1) is 5.82 Å². The van der Waals surface area contributed by atoms with Crippen LogP contribution in [0.3, 0.4) is 0 Å². The van der Waals surface area contributed by atoms with Gasteiger partial charge in [-0.3, -0.25) is 0 Å². The standard InChI is InChI=1S/C17H13ClFN5O/c1-25-11-7-5-10(6-8-11)14-9-15(24-17(20-14)21-22-23-24)16-12(18)3-2-4-13(16)19/h2-9,15H,1H3,(H,20,21,23)/t15-/m0/s1.